The highest BCUT2D eigenvalue weighted by Crippen LogP contribution is 2.52. The fourth-order valence-corrected chi connectivity index (χ4v) is 13.3. The number of rotatable bonds is 4. The van der Waals surface area contributed by atoms with Gasteiger partial charge in [0.05, 0.1) is 33.6 Å². The molecule has 86 heavy (non-hydrogen) atoms. The molecule has 10 heteroatoms. The van der Waals surface area contributed by atoms with E-state index in [2.05, 4.69) is 193 Å². The molecule has 1 aliphatic heterocycles. The predicted molar refractivity (Wildman–Crippen MR) is 352 cm³/mol. The summed E-state index contributed by atoms with van der Waals surface area (Å²) in [5, 5.41) is 6.80. The van der Waals surface area contributed by atoms with Crippen LogP contribution in [0.3, 0.4) is 0 Å². The van der Waals surface area contributed by atoms with Gasteiger partial charge in [0.15, 0.2) is 5.82 Å². The van der Waals surface area contributed by atoms with Crippen molar-refractivity contribution in [2.75, 3.05) is 0 Å². The number of fused-ring (bicyclic) bond motifs is 14. The van der Waals surface area contributed by atoms with Crippen LogP contribution in [0.5, 0.6) is 0 Å². The van der Waals surface area contributed by atoms with Gasteiger partial charge in [-0.15, -0.1) is 0 Å². The van der Waals surface area contributed by atoms with Gasteiger partial charge in [0.1, 0.15) is 22.3 Å². The summed E-state index contributed by atoms with van der Waals surface area (Å²) < 4.78 is 25.2. The largest absolute Gasteiger partial charge is 0.494 e. The Labute approximate surface area is 504 Å². The second kappa shape index (κ2) is 19.9. The zero-order valence-electron chi connectivity index (χ0n) is 49.2. The maximum Gasteiger partial charge on any atom is 0.494 e. The van der Waals surface area contributed by atoms with E-state index in [0.717, 1.165) is 99.2 Å². The molecule has 10 aromatic carbocycles. The molecule has 2 aliphatic carbocycles. The summed E-state index contributed by atoms with van der Waals surface area (Å²) in [4.78, 5) is 18.6. The Kier molecular flexibility index (Phi) is 12.4. The second-order valence-corrected chi connectivity index (χ2v) is 25.2. The highest BCUT2D eigenvalue weighted by molar-refractivity contribution is 6.62. The van der Waals surface area contributed by atoms with Gasteiger partial charge in [0, 0.05) is 59.8 Å². The molecule has 418 valence electrons. The molecule has 0 unspecified atom stereocenters. The van der Waals surface area contributed by atoms with Crippen molar-refractivity contribution in [2.24, 2.45) is 0 Å². The van der Waals surface area contributed by atoms with Crippen LogP contribution in [0, 0.1) is 0 Å². The molecule has 0 radical (unpaired) electrons. The summed E-state index contributed by atoms with van der Waals surface area (Å²) in [5.41, 5.74) is 21.2. The van der Waals surface area contributed by atoms with Gasteiger partial charge in [-0.3, -0.25) is 0 Å². The third-order valence-electron chi connectivity index (χ3n) is 18.4. The van der Waals surface area contributed by atoms with Gasteiger partial charge in [-0.1, -0.05) is 185 Å². The van der Waals surface area contributed by atoms with E-state index >= 15 is 0 Å². The number of benzene rings is 10. The van der Waals surface area contributed by atoms with E-state index in [0.29, 0.717) is 5.82 Å². The Morgan fingerprint density at radius 3 is 1.33 bits per heavy atom. The molecular weight excluding hydrogens is 1080 g/mol. The van der Waals surface area contributed by atoms with E-state index in [1.807, 2.05) is 91.0 Å². The van der Waals surface area contributed by atoms with Crippen molar-refractivity contribution in [3.8, 4) is 56.2 Å². The third-order valence-corrected chi connectivity index (χ3v) is 18.6. The summed E-state index contributed by atoms with van der Waals surface area (Å²) in [6, 6.07) is 75.5. The van der Waals surface area contributed by atoms with Crippen LogP contribution in [0.4, 0.5) is 0 Å². The molecule has 17 rings (SSSR count). The Balaban J connectivity index is 0.000000117. The standard InChI is InChI=1S/C35H24N2O.C27H27BO3.C14H9ClN2/c1-35(2)28-14-8-6-12-23(28)25-19-27-26-18-22(16-17-31(26)38-32(27)20-29(25)35)34-36-30-15-9-7-13-24(30)33(37-34)21-10-4-3-5-11-21;1-25(2)21-10-8-7-9-17(21)18-14-20-19-13-16(28-30-26(3,4)27(5,6)31-28)11-12-23(19)29-24(20)15-22(18)25;15-14-16-12-9-5-4-8-11(12)13(17-14)10-6-2-1-3-7-10/h3-20H,1-2H3;7-15H,1-6H3;1-9H. The number of hydrogen-bond acceptors (Lipinski definition) is 8. The van der Waals surface area contributed by atoms with Crippen LogP contribution in [0.15, 0.2) is 227 Å². The van der Waals surface area contributed by atoms with Gasteiger partial charge >= 0.3 is 7.12 Å². The van der Waals surface area contributed by atoms with Gasteiger partial charge < -0.3 is 18.1 Å². The lowest BCUT2D eigenvalue weighted by Gasteiger charge is -2.32. The Bertz CT molecular complexity index is 5030. The number of furan rings is 2. The molecule has 0 saturated carbocycles. The van der Waals surface area contributed by atoms with Crippen LogP contribution in [0.1, 0.15) is 77.6 Å². The summed E-state index contributed by atoms with van der Waals surface area (Å²) in [6.45, 7) is 17.5. The first-order chi connectivity index (χ1) is 41.5. The average Bonchev–Trinajstić information content (AvgIpc) is 1.59. The number of para-hydroxylation sites is 2. The Morgan fingerprint density at radius 1 is 0.337 bits per heavy atom. The Hall–Kier alpha value is -9.25. The minimum Gasteiger partial charge on any atom is -0.456 e. The van der Waals surface area contributed by atoms with Crippen molar-refractivity contribution in [1.29, 1.82) is 0 Å². The van der Waals surface area contributed by atoms with Crippen molar-refractivity contribution >= 4 is 89.9 Å². The van der Waals surface area contributed by atoms with Crippen LogP contribution in [0.2, 0.25) is 5.28 Å². The van der Waals surface area contributed by atoms with E-state index in [-0.39, 0.29) is 34.4 Å². The first kappa shape index (κ1) is 53.5. The summed E-state index contributed by atoms with van der Waals surface area (Å²) in [7, 11) is -0.381. The molecule has 0 atom stereocenters. The zero-order valence-corrected chi connectivity index (χ0v) is 49.9. The maximum atomic E-state index is 6.38. The minimum atomic E-state index is -0.381. The lowest BCUT2D eigenvalue weighted by atomic mass is 9.78. The molecule has 4 aromatic heterocycles. The first-order valence-corrected chi connectivity index (χ1v) is 29.8. The van der Waals surface area contributed by atoms with E-state index in [4.69, 9.17) is 39.7 Å². The van der Waals surface area contributed by atoms with Crippen molar-refractivity contribution in [3.05, 3.63) is 246 Å². The van der Waals surface area contributed by atoms with Crippen LogP contribution in [-0.2, 0) is 20.1 Å². The van der Waals surface area contributed by atoms with Gasteiger partial charge in [0.25, 0.3) is 0 Å². The van der Waals surface area contributed by atoms with Crippen molar-refractivity contribution in [3.63, 3.8) is 0 Å². The number of halogens is 1. The van der Waals surface area contributed by atoms with Crippen LogP contribution < -0.4 is 5.46 Å². The molecule has 8 nitrogen and oxygen atoms in total. The van der Waals surface area contributed by atoms with E-state index in [1.54, 1.807) is 0 Å². The third kappa shape index (κ3) is 8.74. The molecule has 14 aromatic rings. The number of nitrogens with zero attached hydrogens (tertiary/aromatic N) is 4. The van der Waals surface area contributed by atoms with Gasteiger partial charge in [-0.05, 0) is 150 Å². The normalized spacial score (nSPS) is 15.5. The summed E-state index contributed by atoms with van der Waals surface area (Å²) in [6.07, 6.45) is 0. The number of aromatic nitrogens is 4. The molecular formula is C76H60BClN4O4. The quantitative estimate of drug-likeness (QED) is 0.127. The van der Waals surface area contributed by atoms with Crippen LogP contribution in [-0.4, -0.2) is 38.3 Å². The molecule has 0 N–H and O–H groups in total. The van der Waals surface area contributed by atoms with Crippen LogP contribution >= 0.6 is 11.6 Å². The summed E-state index contributed by atoms with van der Waals surface area (Å²) in [5.74, 6) is 0.714. The highest BCUT2D eigenvalue weighted by Gasteiger charge is 2.52. The molecule has 1 saturated heterocycles. The van der Waals surface area contributed by atoms with Crippen molar-refractivity contribution < 1.29 is 18.1 Å². The average molecular weight is 1140 g/mol. The first-order valence-electron chi connectivity index (χ1n) is 29.4. The molecule has 0 amide bonds. The van der Waals surface area contributed by atoms with Gasteiger partial charge in [0.2, 0.25) is 5.28 Å². The molecule has 1 fully saturated rings. The van der Waals surface area contributed by atoms with Gasteiger partial charge in [-0.25, -0.2) is 19.9 Å². The molecule has 0 spiro atoms. The molecule has 5 heterocycles. The fourth-order valence-electron chi connectivity index (χ4n) is 13.1. The monoisotopic (exact) mass is 1140 g/mol. The topological polar surface area (TPSA) is 96.3 Å². The predicted octanol–water partition coefficient (Wildman–Crippen LogP) is 19.3. The van der Waals surface area contributed by atoms with Crippen LogP contribution in [0.25, 0.3) is 122 Å². The van der Waals surface area contributed by atoms with E-state index in [1.165, 1.54) is 44.5 Å². The van der Waals surface area contributed by atoms with Crippen molar-refractivity contribution in [2.45, 2.75) is 77.4 Å². The maximum absolute atomic E-state index is 6.38. The number of hydrogen-bond donors (Lipinski definition) is 0. The summed E-state index contributed by atoms with van der Waals surface area (Å²) >= 11 is 5.95. The second-order valence-electron chi connectivity index (χ2n) is 24.9. The van der Waals surface area contributed by atoms with Gasteiger partial charge in [-0.2, -0.15) is 0 Å². The molecule has 3 aliphatic rings. The molecule has 0 bridgehead atoms. The Morgan fingerprint density at radius 2 is 0.779 bits per heavy atom. The SMILES string of the molecule is CC1(C)c2ccccc2-c2cc3c(cc21)oc1ccc(-c2nc(-c4ccccc4)c4ccccc4n2)cc13.CC1(C)c2ccccc2-c2cc3c(cc21)oc1ccc(B2OC(C)(C)C(C)(C)O2)cc13.Clc1nc(-c2ccccc2)c2ccccc2n1. The highest BCUT2D eigenvalue weighted by atomic mass is 35.5. The van der Waals surface area contributed by atoms with E-state index in [9.17, 15) is 0 Å². The van der Waals surface area contributed by atoms with E-state index < -0.39 is 0 Å². The minimum absolute atomic E-state index is 0.0348. The lowest BCUT2D eigenvalue weighted by molar-refractivity contribution is 0.00578. The smallest absolute Gasteiger partial charge is 0.456 e. The zero-order chi connectivity index (χ0) is 58.9. The van der Waals surface area contributed by atoms with Crippen molar-refractivity contribution in [1.82, 2.24) is 19.9 Å². The lowest BCUT2D eigenvalue weighted by Crippen LogP contribution is -2.41. The fraction of sp³-hybridized carbons (Fsp3) is 0.158.